The first-order chi connectivity index (χ1) is 8.31. The number of nitrogens with zero attached hydrogens (tertiary/aromatic N) is 3. The predicted molar refractivity (Wildman–Crippen MR) is 69.6 cm³/mol. The molecule has 1 N–H and O–H groups in total. The van der Waals surface area contributed by atoms with Gasteiger partial charge in [-0.2, -0.15) is 4.98 Å². The number of fused-ring (bicyclic) bond motifs is 1. The van der Waals surface area contributed by atoms with E-state index in [0.717, 1.165) is 14.9 Å². The number of rotatable bonds is 3. The summed E-state index contributed by atoms with van der Waals surface area (Å²) < 4.78 is 2.54. The fourth-order valence-corrected chi connectivity index (χ4v) is 2.55. The van der Waals surface area contributed by atoms with Crippen LogP contribution in [-0.4, -0.2) is 14.6 Å². The number of hydrogen-bond acceptors (Lipinski definition) is 4. The first-order valence-corrected chi connectivity index (χ1v) is 6.30. The van der Waals surface area contributed by atoms with Gasteiger partial charge in [0.2, 0.25) is 5.95 Å². The molecule has 0 saturated heterocycles. The van der Waals surface area contributed by atoms with Crippen molar-refractivity contribution in [3.05, 3.63) is 45.7 Å². The van der Waals surface area contributed by atoms with Crippen molar-refractivity contribution in [2.24, 2.45) is 0 Å². The van der Waals surface area contributed by atoms with Crippen molar-refractivity contribution in [2.45, 2.75) is 6.54 Å². The van der Waals surface area contributed by atoms with Crippen LogP contribution in [0.3, 0.4) is 0 Å². The first kappa shape index (κ1) is 10.6. The van der Waals surface area contributed by atoms with Crippen LogP contribution in [0.15, 0.2) is 36.5 Å². The summed E-state index contributed by atoms with van der Waals surface area (Å²) in [5, 5.41) is 7.47. The Morgan fingerprint density at radius 3 is 3.00 bits per heavy atom. The highest BCUT2D eigenvalue weighted by Gasteiger charge is 2.03. The van der Waals surface area contributed by atoms with Crippen LogP contribution in [0.2, 0.25) is 4.34 Å². The van der Waals surface area contributed by atoms with Crippen molar-refractivity contribution in [2.75, 3.05) is 5.32 Å². The summed E-state index contributed by atoms with van der Waals surface area (Å²) in [6, 6.07) is 9.66. The fraction of sp³-hybridized carbons (Fsp3) is 0.0909. The maximum atomic E-state index is 5.86. The van der Waals surface area contributed by atoms with E-state index in [9.17, 15) is 0 Å². The Hall–Kier alpha value is -1.59. The highest BCUT2D eigenvalue weighted by atomic mass is 35.5. The zero-order chi connectivity index (χ0) is 11.7. The Morgan fingerprint density at radius 1 is 1.29 bits per heavy atom. The molecule has 3 rings (SSSR count). The first-order valence-electron chi connectivity index (χ1n) is 5.11. The van der Waals surface area contributed by atoms with Gasteiger partial charge in [-0.15, -0.1) is 16.4 Å². The van der Waals surface area contributed by atoms with Gasteiger partial charge in [0.05, 0.1) is 10.9 Å². The van der Waals surface area contributed by atoms with Crippen molar-refractivity contribution in [1.82, 2.24) is 14.6 Å². The number of aromatic nitrogens is 3. The summed E-state index contributed by atoms with van der Waals surface area (Å²) >= 11 is 7.42. The highest BCUT2D eigenvalue weighted by molar-refractivity contribution is 7.16. The van der Waals surface area contributed by atoms with E-state index in [1.165, 1.54) is 0 Å². The average Bonchev–Trinajstić information content (AvgIpc) is 2.91. The lowest BCUT2D eigenvalue weighted by molar-refractivity contribution is 0.952. The van der Waals surface area contributed by atoms with Gasteiger partial charge < -0.3 is 5.32 Å². The van der Waals surface area contributed by atoms with E-state index < -0.39 is 0 Å². The molecule has 0 aliphatic rings. The second-order valence-corrected chi connectivity index (χ2v) is 5.30. The normalized spacial score (nSPS) is 10.9. The Bertz CT molecular complexity index is 613. The molecule has 3 aromatic heterocycles. The molecule has 0 spiro atoms. The van der Waals surface area contributed by atoms with Gasteiger partial charge in [-0.3, -0.25) is 0 Å². The Kier molecular flexibility index (Phi) is 2.70. The van der Waals surface area contributed by atoms with Gasteiger partial charge in [-0.05, 0) is 24.3 Å². The molecule has 0 fully saturated rings. The highest BCUT2D eigenvalue weighted by Crippen LogP contribution is 2.21. The Morgan fingerprint density at radius 2 is 2.24 bits per heavy atom. The van der Waals surface area contributed by atoms with Gasteiger partial charge >= 0.3 is 0 Å². The number of halogens is 1. The van der Waals surface area contributed by atoms with E-state index >= 15 is 0 Å². The lowest BCUT2D eigenvalue weighted by Gasteiger charge is -1.96. The van der Waals surface area contributed by atoms with Gasteiger partial charge in [0.1, 0.15) is 0 Å². The smallest absolute Gasteiger partial charge is 0.243 e. The zero-order valence-electron chi connectivity index (χ0n) is 8.80. The second-order valence-electron chi connectivity index (χ2n) is 3.50. The Labute approximate surface area is 107 Å². The van der Waals surface area contributed by atoms with Crippen LogP contribution >= 0.6 is 22.9 Å². The third-order valence-corrected chi connectivity index (χ3v) is 3.52. The molecular weight excluding hydrogens is 256 g/mol. The van der Waals surface area contributed by atoms with E-state index in [-0.39, 0.29) is 0 Å². The summed E-state index contributed by atoms with van der Waals surface area (Å²) in [7, 11) is 0. The Balaban J connectivity index is 1.76. The fourth-order valence-electron chi connectivity index (χ4n) is 1.52. The van der Waals surface area contributed by atoms with Gasteiger partial charge in [0.25, 0.3) is 0 Å². The van der Waals surface area contributed by atoms with Crippen LogP contribution < -0.4 is 5.32 Å². The standard InChI is InChI=1S/C11H9ClN4S/c12-9-5-4-8(17-9)7-13-11-14-10-3-1-2-6-16(10)15-11/h1-6H,7H2,(H,13,15). The molecule has 0 saturated carbocycles. The van der Waals surface area contributed by atoms with E-state index in [1.807, 2.05) is 36.5 Å². The van der Waals surface area contributed by atoms with E-state index in [4.69, 9.17) is 11.6 Å². The zero-order valence-corrected chi connectivity index (χ0v) is 10.4. The van der Waals surface area contributed by atoms with Crippen LogP contribution in [0.5, 0.6) is 0 Å². The molecule has 0 aliphatic carbocycles. The third-order valence-electron chi connectivity index (χ3n) is 2.29. The van der Waals surface area contributed by atoms with Gasteiger partial charge in [0, 0.05) is 11.1 Å². The van der Waals surface area contributed by atoms with Crippen molar-refractivity contribution >= 4 is 34.5 Å². The molecule has 6 heteroatoms. The molecule has 0 bridgehead atoms. The summed E-state index contributed by atoms with van der Waals surface area (Å²) in [6.07, 6.45) is 1.87. The monoisotopic (exact) mass is 264 g/mol. The van der Waals surface area contributed by atoms with Crippen LogP contribution in [0.4, 0.5) is 5.95 Å². The van der Waals surface area contributed by atoms with Crippen molar-refractivity contribution in [3.8, 4) is 0 Å². The maximum absolute atomic E-state index is 5.86. The largest absolute Gasteiger partial charge is 0.348 e. The molecule has 0 unspecified atom stereocenters. The predicted octanol–water partition coefficient (Wildman–Crippen LogP) is 3.06. The van der Waals surface area contributed by atoms with Crippen LogP contribution in [-0.2, 0) is 6.54 Å². The maximum Gasteiger partial charge on any atom is 0.243 e. The average molecular weight is 265 g/mol. The summed E-state index contributed by atoms with van der Waals surface area (Å²) in [4.78, 5) is 5.51. The third kappa shape index (κ3) is 2.25. The molecule has 0 aromatic carbocycles. The van der Waals surface area contributed by atoms with E-state index in [2.05, 4.69) is 15.4 Å². The summed E-state index contributed by atoms with van der Waals surface area (Å²) in [6.45, 7) is 0.689. The molecule has 86 valence electrons. The number of nitrogens with one attached hydrogen (secondary N) is 1. The number of hydrogen-bond donors (Lipinski definition) is 1. The van der Waals surface area contributed by atoms with Crippen molar-refractivity contribution in [3.63, 3.8) is 0 Å². The van der Waals surface area contributed by atoms with Crippen molar-refractivity contribution < 1.29 is 0 Å². The molecule has 3 aromatic rings. The van der Waals surface area contributed by atoms with Gasteiger partial charge in [0.15, 0.2) is 5.65 Å². The minimum absolute atomic E-state index is 0.626. The minimum atomic E-state index is 0.626. The van der Waals surface area contributed by atoms with E-state index in [0.29, 0.717) is 12.5 Å². The van der Waals surface area contributed by atoms with Gasteiger partial charge in [-0.1, -0.05) is 17.7 Å². The van der Waals surface area contributed by atoms with Gasteiger partial charge in [-0.25, -0.2) is 4.52 Å². The molecule has 3 heterocycles. The van der Waals surface area contributed by atoms with Crippen LogP contribution in [0.1, 0.15) is 4.88 Å². The molecule has 0 aliphatic heterocycles. The topological polar surface area (TPSA) is 42.2 Å². The minimum Gasteiger partial charge on any atom is -0.348 e. The molecule has 0 amide bonds. The number of anilines is 1. The van der Waals surface area contributed by atoms with E-state index in [1.54, 1.807) is 15.9 Å². The van der Waals surface area contributed by atoms with Crippen molar-refractivity contribution in [1.29, 1.82) is 0 Å². The van der Waals surface area contributed by atoms with Crippen LogP contribution in [0, 0.1) is 0 Å². The SMILES string of the molecule is Clc1ccc(CNc2nc3ccccn3n2)s1. The number of pyridine rings is 1. The molecular formula is C11H9ClN4S. The summed E-state index contributed by atoms with van der Waals surface area (Å²) in [5.74, 6) is 0.626. The summed E-state index contributed by atoms with van der Waals surface area (Å²) in [5.41, 5.74) is 0.833. The molecule has 4 nitrogen and oxygen atoms in total. The quantitative estimate of drug-likeness (QED) is 0.791. The lowest BCUT2D eigenvalue weighted by atomic mass is 10.5. The van der Waals surface area contributed by atoms with Crippen LogP contribution in [0.25, 0.3) is 5.65 Å². The molecule has 0 atom stereocenters. The lowest BCUT2D eigenvalue weighted by Crippen LogP contribution is -1.99. The molecule has 0 radical (unpaired) electrons. The molecule has 17 heavy (non-hydrogen) atoms. The second kappa shape index (κ2) is 4.35. The number of thiophene rings is 1.